The van der Waals surface area contributed by atoms with Gasteiger partial charge in [0.2, 0.25) is 0 Å². The van der Waals surface area contributed by atoms with Crippen LogP contribution in [0.4, 0.5) is 0 Å². The van der Waals surface area contributed by atoms with Crippen molar-refractivity contribution in [2.75, 3.05) is 27.2 Å². The molecular formula is C43H73NO2. The Morgan fingerprint density at radius 1 is 0.609 bits per heavy atom. The van der Waals surface area contributed by atoms with Gasteiger partial charge >= 0.3 is 0 Å². The smallest absolute Gasteiger partial charge is 0.168 e. The van der Waals surface area contributed by atoms with Crippen LogP contribution in [0, 0.1) is 11.8 Å². The molecule has 1 rings (SSSR count). The van der Waals surface area contributed by atoms with E-state index in [2.05, 4.69) is 105 Å². The van der Waals surface area contributed by atoms with Crippen molar-refractivity contribution in [1.82, 2.24) is 4.90 Å². The molecule has 46 heavy (non-hydrogen) atoms. The first-order chi connectivity index (χ1) is 22.6. The molecule has 0 aromatic carbocycles. The van der Waals surface area contributed by atoms with Gasteiger partial charge in [-0.05, 0) is 84.7 Å². The maximum absolute atomic E-state index is 6.66. The molecule has 3 nitrogen and oxygen atoms in total. The molecular weight excluding hydrogens is 562 g/mol. The molecule has 1 fully saturated rings. The van der Waals surface area contributed by atoms with E-state index in [0.717, 1.165) is 70.9 Å². The second kappa shape index (κ2) is 31.7. The summed E-state index contributed by atoms with van der Waals surface area (Å²) in [7, 11) is 4.29. The van der Waals surface area contributed by atoms with Gasteiger partial charge < -0.3 is 14.4 Å². The molecule has 1 saturated heterocycles. The van der Waals surface area contributed by atoms with Crippen LogP contribution in [0.1, 0.15) is 162 Å². The molecule has 1 aliphatic heterocycles. The monoisotopic (exact) mass is 636 g/mol. The summed E-state index contributed by atoms with van der Waals surface area (Å²) in [6, 6.07) is 0. The van der Waals surface area contributed by atoms with Gasteiger partial charge in [0.25, 0.3) is 0 Å². The average molecular weight is 636 g/mol. The maximum Gasteiger partial charge on any atom is 0.168 e. The molecule has 262 valence electrons. The number of nitrogens with zero attached hydrogens (tertiary/aromatic N) is 1. The Bertz CT molecular complexity index is 886. The van der Waals surface area contributed by atoms with E-state index in [4.69, 9.17) is 9.47 Å². The summed E-state index contributed by atoms with van der Waals surface area (Å²) >= 11 is 0. The van der Waals surface area contributed by atoms with E-state index in [1.54, 1.807) is 0 Å². The van der Waals surface area contributed by atoms with Gasteiger partial charge in [0.15, 0.2) is 5.79 Å². The number of hydrogen-bond donors (Lipinski definition) is 0. The number of unbranched alkanes of at least 4 members (excludes halogenated alkanes) is 12. The van der Waals surface area contributed by atoms with Crippen molar-refractivity contribution in [3.8, 4) is 11.8 Å². The summed E-state index contributed by atoms with van der Waals surface area (Å²) in [6.07, 6.45) is 50.4. The van der Waals surface area contributed by atoms with Crippen molar-refractivity contribution in [2.45, 2.75) is 173 Å². The fraction of sp³-hybridized carbons (Fsp3) is 0.721. The maximum atomic E-state index is 6.66. The average Bonchev–Trinajstić information content (AvgIpc) is 3.46. The molecule has 3 heteroatoms. The van der Waals surface area contributed by atoms with Crippen LogP contribution in [0.3, 0.4) is 0 Å². The van der Waals surface area contributed by atoms with E-state index < -0.39 is 0 Å². The van der Waals surface area contributed by atoms with E-state index >= 15 is 0 Å². The molecule has 0 spiro atoms. The summed E-state index contributed by atoms with van der Waals surface area (Å²) in [5, 5.41) is 0. The van der Waals surface area contributed by atoms with Gasteiger partial charge in [-0.3, -0.25) is 0 Å². The first kappa shape index (κ1) is 42.2. The van der Waals surface area contributed by atoms with Gasteiger partial charge in [-0.2, -0.15) is 0 Å². The van der Waals surface area contributed by atoms with Crippen LogP contribution < -0.4 is 0 Å². The second-order valence-electron chi connectivity index (χ2n) is 13.3. The Balaban J connectivity index is 2.18. The minimum absolute atomic E-state index is 0.252. The van der Waals surface area contributed by atoms with Gasteiger partial charge in [0.05, 0.1) is 12.7 Å². The minimum atomic E-state index is -0.329. The molecule has 2 unspecified atom stereocenters. The van der Waals surface area contributed by atoms with Crippen molar-refractivity contribution in [3.63, 3.8) is 0 Å². The Labute approximate surface area is 287 Å². The van der Waals surface area contributed by atoms with Crippen molar-refractivity contribution >= 4 is 0 Å². The Hall–Kier alpha value is -1.86. The van der Waals surface area contributed by atoms with Crippen molar-refractivity contribution < 1.29 is 9.47 Å². The normalized spacial score (nSPS) is 18.8. The lowest BCUT2D eigenvalue weighted by molar-refractivity contribution is -0.180. The second-order valence-corrected chi connectivity index (χ2v) is 13.3. The lowest BCUT2D eigenvalue weighted by Gasteiger charge is -2.29. The zero-order valence-corrected chi connectivity index (χ0v) is 30.8. The summed E-state index contributed by atoms with van der Waals surface area (Å²) in [6.45, 7) is 6.10. The Morgan fingerprint density at radius 3 is 1.65 bits per heavy atom. The van der Waals surface area contributed by atoms with Crippen molar-refractivity contribution in [3.05, 3.63) is 60.8 Å². The van der Waals surface area contributed by atoms with Gasteiger partial charge in [-0.25, -0.2) is 0 Å². The van der Waals surface area contributed by atoms with E-state index in [-0.39, 0.29) is 11.9 Å². The Kier molecular flexibility index (Phi) is 29.1. The van der Waals surface area contributed by atoms with Crippen molar-refractivity contribution in [1.29, 1.82) is 0 Å². The standard InChI is InChI=1S/C43H73NO2/c1-5-7-9-11-13-15-17-19-21-23-25-27-29-31-33-35-38-43(45-41-42(46-43)37-40-44(3)4)39-36-34-32-30-28-26-24-22-20-18-16-14-12-10-8-6-2/h7,9,13-16,19-22,42H,5-6,11-12,17-18,23-41H2,1-4H3. The van der Waals surface area contributed by atoms with Crippen LogP contribution in [0.25, 0.3) is 0 Å². The van der Waals surface area contributed by atoms with Crippen LogP contribution in [-0.4, -0.2) is 44.0 Å². The third-order valence-electron chi connectivity index (χ3n) is 8.58. The predicted molar refractivity (Wildman–Crippen MR) is 203 cm³/mol. The Morgan fingerprint density at radius 2 is 1.11 bits per heavy atom. The molecule has 0 saturated carbocycles. The van der Waals surface area contributed by atoms with Gasteiger partial charge in [-0.15, -0.1) is 5.92 Å². The molecule has 0 amide bonds. The topological polar surface area (TPSA) is 21.7 Å². The summed E-state index contributed by atoms with van der Waals surface area (Å²) in [5.41, 5.74) is 0. The molecule has 1 aliphatic rings. The van der Waals surface area contributed by atoms with E-state index in [0.29, 0.717) is 0 Å². The van der Waals surface area contributed by atoms with Crippen LogP contribution in [-0.2, 0) is 9.47 Å². The van der Waals surface area contributed by atoms with Crippen LogP contribution in [0.2, 0.25) is 0 Å². The first-order valence-corrected chi connectivity index (χ1v) is 19.3. The number of ether oxygens (including phenoxy) is 2. The number of allylic oxidation sites excluding steroid dienone is 10. The molecule has 0 bridgehead atoms. The third-order valence-corrected chi connectivity index (χ3v) is 8.58. The highest BCUT2D eigenvalue weighted by Gasteiger charge is 2.40. The molecule has 0 aromatic heterocycles. The largest absolute Gasteiger partial charge is 0.347 e. The van der Waals surface area contributed by atoms with Crippen LogP contribution >= 0.6 is 0 Å². The zero-order valence-electron chi connectivity index (χ0n) is 30.8. The quantitative estimate of drug-likeness (QED) is 0.0464. The summed E-state index contributed by atoms with van der Waals surface area (Å²) < 4.78 is 13.1. The molecule has 0 aliphatic carbocycles. The predicted octanol–water partition coefficient (Wildman–Crippen LogP) is 12.5. The highest BCUT2D eigenvalue weighted by molar-refractivity contribution is 5.05. The van der Waals surface area contributed by atoms with Crippen LogP contribution in [0.5, 0.6) is 0 Å². The molecule has 0 aromatic rings. The number of hydrogen-bond acceptors (Lipinski definition) is 3. The lowest BCUT2D eigenvalue weighted by Crippen LogP contribution is -2.31. The summed E-state index contributed by atoms with van der Waals surface area (Å²) in [4.78, 5) is 2.25. The zero-order chi connectivity index (χ0) is 33.2. The highest BCUT2D eigenvalue weighted by atomic mass is 16.7. The van der Waals surface area contributed by atoms with Crippen LogP contribution in [0.15, 0.2) is 60.8 Å². The van der Waals surface area contributed by atoms with Gasteiger partial charge in [0.1, 0.15) is 0 Å². The lowest BCUT2D eigenvalue weighted by atomic mass is 9.98. The molecule has 0 N–H and O–H groups in total. The summed E-state index contributed by atoms with van der Waals surface area (Å²) in [5.74, 6) is 5.93. The fourth-order valence-corrected chi connectivity index (χ4v) is 5.83. The third kappa shape index (κ3) is 26.2. The van der Waals surface area contributed by atoms with Gasteiger partial charge in [-0.1, -0.05) is 132 Å². The van der Waals surface area contributed by atoms with Crippen molar-refractivity contribution in [2.24, 2.45) is 0 Å². The van der Waals surface area contributed by atoms with E-state index in [1.807, 2.05) is 0 Å². The molecule has 1 heterocycles. The SMILES string of the molecule is CCC#CCC=CCC=CCCCCCCCCC1(CCCCCCCCC=CCC=CCC=CCC)OCC(CCN(C)C)O1. The van der Waals surface area contributed by atoms with E-state index in [9.17, 15) is 0 Å². The van der Waals surface area contributed by atoms with Gasteiger partial charge in [0, 0.05) is 32.2 Å². The van der Waals surface area contributed by atoms with E-state index in [1.165, 1.54) is 89.9 Å². The minimum Gasteiger partial charge on any atom is -0.347 e. The molecule has 2 atom stereocenters. The first-order valence-electron chi connectivity index (χ1n) is 19.3. The molecule has 0 radical (unpaired) electrons. The fourth-order valence-electron chi connectivity index (χ4n) is 5.83. The number of rotatable bonds is 29. The highest BCUT2D eigenvalue weighted by Crippen LogP contribution is 2.35.